The Kier molecular flexibility index (Phi) is 5.48. The highest BCUT2D eigenvalue weighted by atomic mass is 79.9. The Hall–Kier alpha value is -0.210. The molecule has 0 saturated carbocycles. The van der Waals surface area contributed by atoms with E-state index in [0.717, 1.165) is 29.7 Å². The summed E-state index contributed by atoms with van der Waals surface area (Å²) in [5.74, 6) is 1.35. The zero-order valence-electron chi connectivity index (χ0n) is 9.09. The lowest BCUT2D eigenvalue weighted by atomic mass is 10.1. The minimum atomic E-state index is 0.567. The zero-order valence-corrected chi connectivity index (χ0v) is 11.4. The van der Waals surface area contributed by atoms with Crippen molar-refractivity contribution in [2.75, 3.05) is 6.61 Å². The first-order valence-corrected chi connectivity index (χ1v) is 6.64. The highest BCUT2D eigenvalue weighted by Gasteiger charge is 2.05. The Bertz CT molecular complexity index is 314. The van der Waals surface area contributed by atoms with Crippen molar-refractivity contribution in [1.29, 1.82) is 0 Å². The summed E-state index contributed by atoms with van der Waals surface area (Å²) < 4.78 is 5.64. The van der Waals surface area contributed by atoms with Crippen LogP contribution in [0.3, 0.4) is 0 Å². The fourth-order valence-corrected chi connectivity index (χ4v) is 1.70. The standard InChI is InChI=1S/C12H16BrClO/c1-3-9(2)8-15-12-5-4-10(7-13)6-11(12)14/h4-6,9H,3,7-8H2,1-2H3. The molecule has 0 spiro atoms. The quantitative estimate of drug-likeness (QED) is 0.717. The SMILES string of the molecule is CCC(C)COc1ccc(CBr)cc1Cl. The van der Waals surface area contributed by atoms with Gasteiger partial charge in [-0.25, -0.2) is 0 Å². The Labute approximate surface area is 105 Å². The summed E-state index contributed by atoms with van der Waals surface area (Å²) in [5.41, 5.74) is 1.16. The molecule has 0 heterocycles. The van der Waals surface area contributed by atoms with Crippen LogP contribution in [0.15, 0.2) is 18.2 Å². The Morgan fingerprint density at radius 1 is 1.47 bits per heavy atom. The third-order valence-electron chi connectivity index (χ3n) is 2.37. The normalized spacial score (nSPS) is 12.5. The van der Waals surface area contributed by atoms with Gasteiger partial charge in [-0.2, -0.15) is 0 Å². The van der Waals surface area contributed by atoms with Gasteiger partial charge in [0.1, 0.15) is 5.75 Å². The minimum Gasteiger partial charge on any atom is -0.492 e. The summed E-state index contributed by atoms with van der Waals surface area (Å²) in [7, 11) is 0. The Balaban J connectivity index is 2.62. The second-order valence-electron chi connectivity index (χ2n) is 3.72. The predicted molar refractivity (Wildman–Crippen MR) is 69.0 cm³/mol. The maximum atomic E-state index is 6.09. The van der Waals surface area contributed by atoms with Crippen molar-refractivity contribution < 1.29 is 4.74 Å². The van der Waals surface area contributed by atoms with Gasteiger partial charge >= 0.3 is 0 Å². The summed E-state index contributed by atoms with van der Waals surface area (Å²) in [6, 6.07) is 5.89. The van der Waals surface area contributed by atoms with E-state index in [1.807, 2.05) is 18.2 Å². The number of ether oxygens (including phenoxy) is 1. The predicted octanol–water partition coefficient (Wildman–Crippen LogP) is 4.66. The van der Waals surface area contributed by atoms with Gasteiger partial charge in [0.2, 0.25) is 0 Å². The number of alkyl halides is 1. The monoisotopic (exact) mass is 290 g/mol. The molecule has 1 aromatic rings. The van der Waals surface area contributed by atoms with E-state index in [4.69, 9.17) is 16.3 Å². The first kappa shape index (κ1) is 12.9. The molecular formula is C12H16BrClO. The fraction of sp³-hybridized carbons (Fsp3) is 0.500. The number of halogens is 2. The van der Waals surface area contributed by atoms with E-state index in [9.17, 15) is 0 Å². The van der Waals surface area contributed by atoms with Crippen LogP contribution in [0.1, 0.15) is 25.8 Å². The summed E-state index contributed by atoms with van der Waals surface area (Å²) in [5, 5.41) is 1.51. The lowest BCUT2D eigenvalue weighted by Crippen LogP contribution is -2.07. The second kappa shape index (κ2) is 6.39. The molecule has 1 aromatic carbocycles. The molecule has 0 radical (unpaired) electrons. The van der Waals surface area contributed by atoms with Gasteiger partial charge < -0.3 is 4.74 Å². The van der Waals surface area contributed by atoms with Crippen LogP contribution >= 0.6 is 27.5 Å². The van der Waals surface area contributed by atoms with E-state index in [2.05, 4.69) is 29.8 Å². The van der Waals surface area contributed by atoms with Crippen LogP contribution in [0.25, 0.3) is 0 Å². The molecule has 1 atom stereocenters. The van der Waals surface area contributed by atoms with Gasteiger partial charge in [0.05, 0.1) is 11.6 Å². The first-order valence-electron chi connectivity index (χ1n) is 5.14. The molecule has 0 amide bonds. The van der Waals surface area contributed by atoms with Crippen LogP contribution in [0, 0.1) is 5.92 Å². The van der Waals surface area contributed by atoms with Crippen LogP contribution < -0.4 is 4.74 Å². The Morgan fingerprint density at radius 2 is 2.20 bits per heavy atom. The van der Waals surface area contributed by atoms with Crippen LogP contribution in [-0.2, 0) is 5.33 Å². The van der Waals surface area contributed by atoms with Crippen LogP contribution in [0.2, 0.25) is 5.02 Å². The molecular weight excluding hydrogens is 275 g/mol. The van der Waals surface area contributed by atoms with E-state index in [1.54, 1.807) is 0 Å². The fourth-order valence-electron chi connectivity index (χ4n) is 1.09. The lowest BCUT2D eigenvalue weighted by molar-refractivity contribution is 0.256. The van der Waals surface area contributed by atoms with Gasteiger partial charge in [-0.3, -0.25) is 0 Å². The molecule has 0 fully saturated rings. The summed E-state index contributed by atoms with van der Waals surface area (Å²) in [6.45, 7) is 5.05. The summed E-state index contributed by atoms with van der Waals surface area (Å²) >= 11 is 9.48. The first-order chi connectivity index (χ1) is 7.17. The molecule has 0 aromatic heterocycles. The molecule has 0 aliphatic carbocycles. The van der Waals surface area contributed by atoms with Gasteiger partial charge in [-0.15, -0.1) is 0 Å². The van der Waals surface area contributed by atoms with Crippen LogP contribution in [-0.4, -0.2) is 6.61 Å². The maximum absolute atomic E-state index is 6.09. The van der Waals surface area contributed by atoms with Crippen molar-refractivity contribution in [3.05, 3.63) is 28.8 Å². The van der Waals surface area contributed by atoms with Crippen molar-refractivity contribution in [2.24, 2.45) is 5.92 Å². The van der Waals surface area contributed by atoms with Gasteiger partial charge in [-0.1, -0.05) is 53.9 Å². The van der Waals surface area contributed by atoms with E-state index in [1.165, 1.54) is 0 Å². The molecule has 0 aliphatic heterocycles. The number of rotatable bonds is 5. The molecule has 0 bridgehead atoms. The van der Waals surface area contributed by atoms with Gasteiger partial charge in [0, 0.05) is 5.33 Å². The molecule has 84 valence electrons. The highest BCUT2D eigenvalue weighted by Crippen LogP contribution is 2.26. The molecule has 1 rings (SSSR count). The third kappa shape index (κ3) is 4.04. The highest BCUT2D eigenvalue weighted by molar-refractivity contribution is 9.08. The molecule has 15 heavy (non-hydrogen) atoms. The molecule has 1 unspecified atom stereocenters. The summed E-state index contributed by atoms with van der Waals surface area (Å²) in [4.78, 5) is 0. The third-order valence-corrected chi connectivity index (χ3v) is 3.31. The van der Waals surface area contributed by atoms with Crippen molar-refractivity contribution >= 4 is 27.5 Å². The minimum absolute atomic E-state index is 0.567. The van der Waals surface area contributed by atoms with Gasteiger partial charge in [0.25, 0.3) is 0 Å². The van der Waals surface area contributed by atoms with Crippen molar-refractivity contribution in [2.45, 2.75) is 25.6 Å². The number of benzene rings is 1. The topological polar surface area (TPSA) is 9.23 Å². The zero-order chi connectivity index (χ0) is 11.3. The molecule has 1 nitrogen and oxygen atoms in total. The average molecular weight is 292 g/mol. The second-order valence-corrected chi connectivity index (χ2v) is 4.69. The molecule has 0 aliphatic rings. The number of hydrogen-bond donors (Lipinski definition) is 0. The summed E-state index contributed by atoms with van der Waals surface area (Å²) in [6.07, 6.45) is 1.12. The van der Waals surface area contributed by atoms with Gasteiger partial charge in [-0.05, 0) is 23.6 Å². The molecule has 0 saturated heterocycles. The van der Waals surface area contributed by atoms with E-state index >= 15 is 0 Å². The molecule has 0 N–H and O–H groups in total. The van der Waals surface area contributed by atoms with Gasteiger partial charge in [0.15, 0.2) is 0 Å². The van der Waals surface area contributed by atoms with Crippen LogP contribution in [0.4, 0.5) is 0 Å². The van der Waals surface area contributed by atoms with E-state index < -0.39 is 0 Å². The molecule has 3 heteroatoms. The van der Waals surface area contributed by atoms with Crippen molar-refractivity contribution in [3.63, 3.8) is 0 Å². The van der Waals surface area contributed by atoms with Crippen LogP contribution in [0.5, 0.6) is 5.75 Å². The average Bonchev–Trinajstić information content (AvgIpc) is 2.26. The van der Waals surface area contributed by atoms with Crippen molar-refractivity contribution in [1.82, 2.24) is 0 Å². The Morgan fingerprint density at radius 3 is 2.73 bits per heavy atom. The van der Waals surface area contributed by atoms with E-state index in [0.29, 0.717) is 10.9 Å². The maximum Gasteiger partial charge on any atom is 0.137 e. The largest absolute Gasteiger partial charge is 0.492 e. The number of hydrogen-bond acceptors (Lipinski definition) is 1. The smallest absolute Gasteiger partial charge is 0.137 e. The lowest BCUT2D eigenvalue weighted by Gasteiger charge is -2.12. The van der Waals surface area contributed by atoms with E-state index in [-0.39, 0.29) is 0 Å². The van der Waals surface area contributed by atoms with Crippen molar-refractivity contribution in [3.8, 4) is 5.75 Å².